The second kappa shape index (κ2) is 5.97. The number of hydrogen-bond acceptors (Lipinski definition) is 3. The number of benzene rings is 1. The van der Waals surface area contributed by atoms with E-state index in [-0.39, 0.29) is 10.7 Å². The van der Waals surface area contributed by atoms with Gasteiger partial charge in [-0.05, 0) is 11.6 Å². The van der Waals surface area contributed by atoms with Gasteiger partial charge in [-0.15, -0.1) is 11.8 Å². The molecule has 1 aromatic carbocycles. The van der Waals surface area contributed by atoms with Crippen molar-refractivity contribution in [3.8, 4) is 0 Å². The van der Waals surface area contributed by atoms with Crippen molar-refractivity contribution in [3.63, 3.8) is 0 Å². The number of carboxylic acid groups (broad SMARTS) is 2. The molecule has 0 aromatic heterocycles. The molecule has 1 aromatic rings. The van der Waals surface area contributed by atoms with Gasteiger partial charge >= 0.3 is 11.9 Å². The molecule has 0 fully saturated rings. The zero-order valence-corrected chi connectivity index (χ0v) is 9.11. The second-order valence-electron chi connectivity index (χ2n) is 2.91. The first kappa shape index (κ1) is 12.3. The van der Waals surface area contributed by atoms with E-state index >= 15 is 0 Å². The van der Waals surface area contributed by atoms with Crippen LogP contribution in [0.3, 0.4) is 0 Å². The van der Waals surface area contributed by atoms with Gasteiger partial charge in [0.2, 0.25) is 0 Å². The fourth-order valence-electron chi connectivity index (χ4n) is 1.01. The summed E-state index contributed by atoms with van der Waals surface area (Å²) in [5.41, 5.74) is 0.734. The maximum Gasteiger partial charge on any atom is 0.342 e. The molecule has 0 unspecified atom stereocenters. The van der Waals surface area contributed by atoms with Gasteiger partial charge in [0.25, 0.3) is 0 Å². The summed E-state index contributed by atoms with van der Waals surface area (Å²) >= 11 is 0.795. The molecule has 5 heteroatoms. The molecule has 0 spiro atoms. The number of carbonyl (C=O) groups is 2. The summed E-state index contributed by atoms with van der Waals surface area (Å²) in [6.45, 7) is 0. The first-order valence-electron chi connectivity index (χ1n) is 4.44. The van der Waals surface area contributed by atoms with E-state index in [9.17, 15) is 9.59 Å². The van der Waals surface area contributed by atoms with E-state index in [1.54, 1.807) is 24.3 Å². The molecule has 0 aliphatic heterocycles. The van der Waals surface area contributed by atoms with Crippen LogP contribution < -0.4 is 0 Å². The van der Waals surface area contributed by atoms with Gasteiger partial charge in [-0.25, -0.2) is 4.79 Å². The van der Waals surface area contributed by atoms with E-state index in [1.807, 2.05) is 6.07 Å². The molecular formula is C11H10O4S. The topological polar surface area (TPSA) is 74.6 Å². The lowest BCUT2D eigenvalue weighted by Gasteiger charge is -2.00. The predicted molar refractivity (Wildman–Crippen MR) is 62.1 cm³/mol. The van der Waals surface area contributed by atoms with E-state index in [2.05, 4.69) is 0 Å². The first-order chi connectivity index (χ1) is 7.59. The first-order valence-corrected chi connectivity index (χ1v) is 5.43. The molecule has 1 rings (SSSR count). The van der Waals surface area contributed by atoms with Crippen LogP contribution in [0.25, 0.3) is 6.08 Å². The average molecular weight is 238 g/mol. The molecule has 0 bridgehead atoms. The Balaban J connectivity index is 2.81. The summed E-state index contributed by atoms with van der Waals surface area (Å²) in [6.07, 6.45) is 1.45. The standard InChI is InChI=1S/C11H10O4S/c12-10(13)7-16-9(11(14)15)6-8-4-2-1-3-5-8/h1-6H,7H2,(H,12,13)(H,14,15)/b9-6-. The number of rotatable bonds is 5. The molecule has 0 amide bonds. The summed E-state index contributed by atoms with van der Waals surface area (Å²) in [5, 5.41) is 17.3. The van der Waals surface area contributed by atoms with Gasteiger partial charge in [0, 0.05) is 0 Å². The molecule has 0 atom stereocenters. The second-order valence-corrected chi connectivity index (χ2v) is 3.92. The van der Waals surface area contributed by atoms with E-state index in [0.29, 0.717) is 0 Å². The SMILES string of the molecule is O=C(O)CS/C(=C\c1ccccc1)C(=O)O. The van der Waals surface area contributed by atoms with Crippen LogP contribution in [0.4, 0.5) is 0 Å². The van der Waals surface area contributed by atoms with Crippen molar-refractivity contribution in [1.29, 1.82) is 0 Å². The van der Waals surface area contributed by atoms with Gasteiger partial charge < -0.3 is 10.2 Å². The predicted octanol–water partition coefficient (Wildman–Crippen LogP) is 1.93. The third-order valence-electron chi connectivity index (χ3n) is 1.66. The highest BCUT2D eigenvalue weighted by molar-refractivity contribution is 8.04. The Labute approximate surface area is 96.6 Å². The van der Waals surface area contributed by atoms with Crippen LogP contribution in [0.1, 0.15) is 5.56 Å². The fraction of sp³-hybridized carbons (Fsp3) is 0.0909. The van der Waals surface area contributed by atoms with Gasteiger partial charge in [0.15, 0.2) is 0 Å². The quantitative estimate of drug-likeness (QED) is 0.767. The van der Waals surface area contributed by atoms with Crippen molar-refractivity contribution in [2.45, 2.75) is 0 Å². The maximum absolute atomic E-state index is 10.8. The highest BCUT2D eigenvalue weighted by Crippen LogP contribution is 2.19. The summed E-state index contributed by atoms with van der Waals surface area (Å²) in [4.78, 5) is 21.2. The number of aliphatic carboxylic acids is 2. The fourth-order valence-corrected chi connectivity index (χ4v) is 1.63. The van der Waals surface area contributed by atoms with E-state index in [1.165, 1.54) is 6.08 Å². The van der Waals surface area contributed by atoms with Crippen molar-refractivity contribution in [1.82, 2.24) is 0 Å². The van der Waals surface area contributed by atoms with Gasteiger partial charge in [-0.2, -0.15) is 0 Å². The van der Waals surface area contributed by atoms with Crippen LogP contribution in [0.2, 0.25) is 0 Å². The van der Waals surface area contributed by atoms with Crippen LogP contribution >= 0.6 is 11.8 Å². The van der Waals surface area contributed by atoms with Crippen LogP contribution in [0.15, 0.2) is 35.2 Å². The van der Waals surface area contributed by atoms with E-state index in [0.717, 1.165) is 17.3 Å². The third kappa shape index (κ3) is 4.18. The Bertz CT molecular complexity index is 411. The summed E-state index contributed by atoms with van der Waals surface area (Å²) in [6, 6.07) is 8.90. The number of hydrogen-bond donors (Lipinski definition) is 2. The highest BCUT2D eigenvalue weighted by Gasteiger charge is 2.10. The van der Waals surface area contributed by atoms with Crippen molar-refractivity contribution in [2.75, 3.05) is 5.75 Å². The van der Waals surface area contributed by atoms with Gasteiger partial charge in [0.05, 0.1) is 10.7 Å². The number of carboxylic acids is 2. The molecule has 0 aliphatic carbocycles. The molecule has 0 aliphatic rings. The molecule has 4 nitrogen and oxygen atoms in total. The Kier molecular flexibility index (Phi) is 4.60. The summed E-state index contributed by atoms with van der Waals surface area (Å²) in [7, 11) is 0. The zero-order chi connectivity index (χ0) is 12.0. The minimum absolute atomic E-state index is 0.0219. The van der Waals surface area contributed by atoms with E-state index in [4.69, 9.17) is 10.2 Å². The maximum atomic E-state index is 10.8. The molecule has 0 radical (unpaired) electrons. The molecule has 84 valence electrons. The van der Waals surface area contributed by atoms with Crippen molar-refractivity contribution < 1.29 is 19.8 Å². The molecule has 0 heterocycles. The highest BCUT2D eigenvalue weighted by atomic mass is 32.2. The van der Waals surface area contributed by atoms with Gasteiger partial charge in [-0.3, -0.25) is 4.79 Å². The molecule has 16 heavy (non-hydrogen) atoms. The lowest BCUT2D eigenvalue weighted by atomic mass is 10.2. The Morgan fingerprint density at radius 2 is 1.81 bits per heavy atom. The van der Waals surface area contributed by atoms with Crippen LogP contribution in [0, 0.1) is 0 Å². The lowest BCUT2D eigenvalue weighted by Crippen LogP contribution is -2.03. The Morgan fingerprint density at radius 1 is 1.19 bits per heavy atom. The van der Waals surface area contributed by atoms with Crippen molar-refractivity contribution >= 4 is 29.8 Å². The monoisotopic (exact) mass is 238 g/mol. The minimum Gasteiger partial charge on any atom is -0.481 e. The molecule has 0 saturated carbocycles. The zero-order valence-electron chi connectivity index (χ0n) is 8.29. The van der Waals surface area contributed by atoms with Crippen LogP contribution in [0.5, 0.6) is 0 Å². The average Bonchev–Trinajstić information content (AvgIpc) is 2.25. The number of thioether (sulfide) groups is 1. The van der Waals surface area contributed by atoms with Crippen LogP contribution in [-0.4, -0.2) is 27.9 Å². The van der Waals surface area contributed by atoms with Gasteiger partial charge in [-0.1, -0.05) is 30.3 Å². The lowest BCUT2D eigenvalue weighted by molar-refractivity contribution is -0.134. The third-order valence-corrected chi connectivity index (χ3v) is 2.65. The normalized spacial score (nSPS) is 11.1. The Morgan fingerprint density at radius 3 is 2.31 bits per heavy atom. The van der Waals surface area contributed by atoms with Gasteiger partial charge in [0.1, 0.15) is 0 Å². The molecular weight excluding hydrogens is 228 g/mol. The minimum atomic E-state index is -1.12. The Hall–Kier alpha value is -1.75. The summed E-state index contributed by atoms with van der Waals surface area (Å²) in [5.74, 6) is -2.41. The van der Waals surface area contributed by atoms with E-state index < -0.39 is 11.9 Å². The summed E-state index contributed by atoms with van der Waals surface area (Å²) < 4.78 is 0. The van der Waals surface area contributed by atoms with Crippen molar-refractivity contribution in [2.24, 2.45) is 0 Å². The molecule has 0 saturated heterocycles. The van der Waals surface area contributed by atoms with Crippen LogP contribution in [-0.2, 0) is 9.59 Å². The largest absolute Gasteiger partial charge is 0.481 e. The van der Waals surface area contributed by atoms with Crippen molar-refractivity contribution in [3.05, 3.63) is 40.8 Å². The smallest absolute Gasteiger partial charge is 0.342 e. The molecule has 2 N–H and O–H groups in total.